The Hall–Kier alpha value is -1.03. The van der Waals surface area contributed by atoms with Crippen molar-refractivity contribution in [3.63, 3.8) is 0 Å². The second-order valence-corrected chi connectivity index (χ2v) is 5.03. The van der Waals surface area contributed by atoms with Gasteiger partial charge in [0.1, 0.15) is 24.4 Å². The van der Waals surface area contributed by atoms with Gasteiger partial charge >= 0.3 is 0 Å². The van der Waals surface area contributed by atoms with Crippen molar-refractivity contribution in [3.8, 4) is 0 Å². The molecular formula is C12H17BrN2O5. The van der Waals surface area contributed by atoms with Crippen molar-refractivity contribution in [2.45, 2.75) is 24.4 Å². The van der Waals surface area contributed by atoms with E-state index in [1.165, 1.54) is 0 Å². The van der Waals surface area contributed by atoms with Gasteiger partial charge in [0, 0.05) is 4.47 Å². The number of rotatable bonds is 7. The first-order chi connectivity index (χ1) is 9.45. The lowest BCUT2D eigenvalue weighted by Gasteiger charge is -2.23. The molecule has 0 radical (unpaired) electrons. The molecule has 0 amide bonds. The molecule has 0 aliphatic rings. The Labute approximate surface area is 124 Å². The van der Waals surface area contributed by atoms with Gasteiger partial charge in [-0.2, -0.15) is 5.10 Å². The zero-order valence-electron chi connectivity index (χ0n) is 10.5. The molecule has 1 aromatic rings. The van der Waals surface area contributed by atoms with Crippen LogP contribution in [0.4, 0.5) is 5.69 Å². The van der Waals surface area contributed by atoms with Gasteiger partial charge in [-0.15, -0.1) is 0 Å². The summed E-state index contributed by atoms with van der Waals surface area (Å²) in [6.45, 7) is -0.723. The maximum atomic E-state index is 9.56. The van der Waals surface area contributed by atoms with E-state index in [2.05, 4.69) is 26.5 Å². The van der Waals surface area contributed by atoms with Gasteiger partial charge in [0.05, 0.1) is 18.5 Å². The van der Waals surface area contributed by atoms with Crippen molar-refractivity contribution >= 4 is 27.8 Å². The molecule has 1 aromatic carbocycles. The number of hydrogen-bond acceptors (Lipinski definition) is 7. The summed E-state index contributed by atoms with van der Waals surface area (Å²) in [5.74, 6) is 0. The van der Waals surface area contributed by atoms with Crippen LogP contribution in [-0.2, 0) is 0 Å². The van der Waals surface area contributed by atoms with E-state index in [9.17, 15) is 15.3 Å². The molecule has 7 nitrogen and oxygen atoms in total. The fourth-order valence-electron chi connectivity index (χ4n) is 1.34. The lowest BCUT2D eigenvalue weighted by atomic mass is 10.0. The number of hydrogen-bond donors (Lipinski definition) is 6. The lowest BCUT2D eigenvalue weighted by Crippen LogP contribution is -2.46. The predicted octanol–water partition coefficient (Wildman–Crippen LogP) is -0.717. The summed E-state index contributed by atoms with van der Waals surface area (Å²) in [5, 5.41) is 50.0. The Morgan fingerprint density at radius 3 is 2.25 bits per heavy atom. The average Bonchev–Trinajstić information content (AvgIpc) is 2.46. The Kier molecular flexibility index (Phi) is 7.06. The summed E-state index contributed by atoms with van der Waals surface area (Å²) in [4.78, 5) is 0. The van der Waals surface area contributed by atoms with Gasteiger partial charge in [-0.05, 0) is 24.3 Å². The molecule has 112 valence electrons. The zero-order chi connectivity index (χ0) is 15.1. The first kappa shape index (κ1) is 17.0. The standard InChI is InChI=1S/C12H17BrN2O5/c13-7-1-3-8(4-2-7)15-14-5-9(17)11(19)12(20)10(18)6-16/h1-5,9-12,15-20H,6H2/t9-,10-,11+,12-/m0/s1. The van der Waals surface area contributed by atoms with E-state index >= 15 is 0 Å². The summed E-state index contributed by atoms with van der Waals surface area (Å²) in [6, 6.07) is 7.08. The third-order valence-corrected chi connectivity index (χ3v) is 3.07. The van der Waals surface area contributed by atoms with E-state index in [0.29, 0.717) is 5.69 Å². The number of benzene rings is 1. The maximum absolute atomic E-state index is 9.56. The molecule has 0 aliphatic heterocycles. The minimum absolute atomic E-state index is 0.669. The fourth-order valence-corrected chi connectivity index (χ4v) is 1.60. The van der Waals surface area contributed by atoms with Crippen LogP contribution in [0, 0.1) is 0 Å². The third-order valence-electron chi connectivity index (χ3n) is 2.55. The van der Waals surface area contributed by atoms with Crippen LogP contribution in [0.15, 0.2) is 33.8 Å². The highest BCUT2D eigenvalue weighted by Gasteiger charge is 2.29. The molecule has 0 unspecified atom stereocenters. The number of hydrazone groups is 1. The second kappa shape index (κ2) is 8.30. The van der Waals surface area contributed by atoms with Crippen LogP contribution in [0.2, 0.25) is 0 Å². The molecule has 0 saturated carbocycles. The second-order valence-electron chi connectivity index (χ2n) is 4.12. The van der Waals surface area contributed by atoms with Crippen molar-refractivity contribution < 1.29 is 25.5 Å². The molecule has 1 rings (SSSR count). The van der Waals surface area contributed by atoms with Crippen molar-refractivity contribution in [2.24, 2.45) is 5.10 Å². The van der Waals surface area contributed by atoms with E-state index in [0.717, 1.165) is 10.7 Å². The van der Waals surface area contributed by atoms with Crippen LogP contribution >= 0.6 is 15.9 Å². The van der Waals surface area contributed by atoms with Crippen molar-refractivity contribution in [3.05, 3.63) is 28.7 Å². The van der Waals surface area contributed by atoms with Crippen LogP contribution in [0.5, 0.6) is 0 Å². The Balaban J connectivity index is 2.50. The van der Waals surface area contributed by atoms with Crippen LogP contribution in [-0.4, -0.2) is 62.8 Å². The van der Waals surface area contributed by atoms with Gasteiger partial charge in [-0.25, -0.2) is 0 Å². The molecule has 20 heavy (non-hydrogen) atoms. The van der Waals surface area contributed by atoms with E-state index < -0.39 is 31.0 Å². The molecule has 4 atom stereocenters. The number of halogens is 1. The highest BCUT2D eigenvalue weighted by molar-refractivity contribution is 9.10. The topological polar surface area (TPSA) is 126 Å². The zero-order valence-corrected chi connectivity index (χ0v) is 12.1. The quantitative estimate of drug-likeness (QED) is 0.285. The summed E-state index contributed by atoms with van der Waals surface area (Å²) in [7, 11) is 0. The van der Waals surface area contributed by atoms with Gasteiger partial charge in [0.2, 0.25) is 0 Å². The molecule has 0 spiro atoms. The fraction of sp³-hybridized carbons (Fsp3) is 0.417. The highest BCUT2D eigenvalue weighted by atomic mass is 79.9. The number of aliphatic hydroxyl groups is 5. The number of nitrogens with zero attached hydrogens (tertiary/aromatic N) is 1. The third kappa shape index (κ3) is 5.16. The van der Waals surface area contributed by atoms with Crippen LogP contribution in [0.1, 0.15) is 0 Å². The van der Waals surface area contributed by atoms with Gasteiger partial charge in [0.25, 0.3) is 0 Å². The molecular weight excluding hydrogens is 332 g/mol. The molecule has 0 aromatic heterocycles. The minimum atomic E-state index is -1.67. The molecule has 0 aliphatic carbocycles. The Morgan fingerprint density at radius 2 is 1.70 bits per heavy atom. The van der Waals surface area contributed by atoms with Gasteiger partial charge in [0.15, 0.2) is 0 Å². The summed E-state index contributed by atoms with van der Waals surface area (Å²) < 4.78 is 0.906. The first-order valence-corrected chi connectivity index (χ1v) is 6.63. The van der Waals surface area contributed by atoms with Crippen molar-refractivity contribution in [1.82, 2.24) is 0 Å². The first-order valence-electron chi connectivity index (χ1n) is 5.83. The summed E-state index contributed by atoms with van der Waals surface area (Å²) in [5.41, 5.74) is 3.29. The van der Waals surface area contributed by atoms with Gasteiger partial charge in [-0.3, -0.25) is 5.43 Å². The Morgan fingerprint density at radius 1 is 1.10 bits per heavy atom. The van der Waals surface area contributed by atoms with E-state index in [-0.39, 0.29) is 0 Å². The van der Waals surface area contributed by atoms with Crippen molar-refractivity contribution in [2.75, 3.05) is 12.0 Å². The molecule has 8 heteroatoms. The monoisotopic (exact) mass is 348 g/mol. The molecule has 0 fully saturated rings. The van der Waals surface area contributed by atoms with E-state index in [4.69, 9.17) is 10.2 Å². The maximum Gasteiger partial charge on any atom is 0.119 e. The molecule has 0 heterocycles. The normalized spacial score (nSPS) is 17.7. The number of anilines is 1. The molecule has 6 N–H and O–H groups in total. The highest BCUT2D eigenvalue weighted by Crippen LogP contribution is 2.13. The van der Waals surface area contributed by atoms with Gasteiger partial charge < -0.3 is 25.5 Å². The van der Waals surface area contributed by atoms with Crippen LogP contribution in [0.3, 0.4) is 0 Å². The SMILES string of the molecule is OC[C@H](O)[C@H](O)[C@H](O)[C@@H](O)C=NNc1ccc(Br)cc1. The van der Waals surface area contributed by atoms with E-state index in [1.54, 1.807) is 24.3 Å². The molecule has 0 saturated heterocycles. The molecule has 0 bridgehead atoms. The smallest absolute Gasteiger partial charge is 0.119 e. The number of nitrogens with one attached hydrogen (secondary N) is 1. The Bertz CT molecular complexity index is 428. The minimum Gasteiger partial charge on any atom is -0.394 e. The van der Waals surface area contributed by atoms with Crippen LogP contribution < -0.4 is 5.43 Å². The summed E-state index contributed by atoms with van der Waals surface area (Å²) >= 11 is 3.28. The number of aliphatic hydroxyl groups excluding tert-OH is 5. The largest absolute Gasteiger partial charge is 0.394 e. The summed E-state index contributed by atoms with van der Waals surface area (Å²) in [6.07, 6.45) is -5.37. The van der Waals surface area contributed by atoms with E-state index in [1.807, 2.05) is 0 Å². The average molecular weight is 349 g/mol. The van der Waals surface area contributed by atoms with Crippen LogP contribution in [0.25, 0.3) is 0 Å². The predicted molar refractivity (Wildman–Crippen MR) is 77.4 cm³/mol. The van der Waals surface area contributed by atoms with Gasteiger partial charge in [-0.1, -0.05) is 15.9 Å². The van der Waals surface area contributed by atoms with Crippen molar-refractivity contribution in [1.29, 1.82) is 0 Å². The lowest BCUT2D eigenvalue weighted by molar-refractivity contribution is -0.0999.